The van der Waals surface area contributed by atoms with E-state index in [2.05, 4.69) is 28.3 Å². The molecule has 158 valence electrons. The number of amides is 1. The van der Waals surface area contributed by atoms with Crippen molar-refractivity contribution in [2.45, 2.75) is 38.8 Å². The third kappa shape index (κ3) is 3.93. The number of ether oxygens (including phenoxy) is 1. The predicted molar refractivity (Wildman–Crippen MR) is 119 cm³/mol. The lowest BCUT2D eigenvalue weighted by Crippen LogP contribution is -2.33. The molecule has 0 saturated carbocycles. The maximum absolute atomic E-state index is 13.0. The van der Waals surface area contributed by atoms with Gasteiger partial charge in [0.05, 0.1) is 21.3 Å². The van der Waals surface area contributed by atoms with E-state index in [4.69, 9.17) is 9.26 Å². The molecule has 2 aromatic heterocycles. The second-order valence-electron chi connectivity index (χ2n) is 7.85. The van der Waals surface area contributed by atoms with Crippen LogP contribution >= 0.6 is 11.3 Å². The molecule has 1 aliphatic rings. The average molecular weight is 434 g/mol. The van der Waals surface area contributed by atoms with Crippen molar-refractivity contribution in [3.8, 4) is 5.75 Å². The van der Waals surface area contributed by atoms with Gasteiger partial charge in [0.25, 0.3) is 5.91 Å². The number of fused-ring (bicyclic) bond motifs is 2. The quantitative estimate of drug-likeness (QED) is 0.426. The number of thiazole rings is 1. The monoisotopic (exact) mass is 433 g/mol. The van der Waals surface area contributed by atoms with Gasteiger partial charge in [0.15, 0.2) is 11.5 Å². The Morgan fingerprint density at radius 3 is 3.03 bits per heavy atom. The molecule has 31 heavy (non-hydrogen) atoms. The number of aromatic nitrogens is 2. The lowest BCUT2D eigenvalue weighted by molar-refractivity contribution is 0.0704. The molecule has 0 spiro atoms. The molecule has 1 amide bonds. The summed E-state index contributed by atoms with van der Waals surface area (Å²) in [5, 5.41) is 5.02. The Labute approximate surface area is 184 Å². The van der Waals surface area contributed by atoms with Gasteiger partial charge in [-0.1, -0.05) is 29.4 Å². The Morgan fingerprint density at radius 1 is 1.26 bits per heavy atom. The summed E-state index contributed by atoms with van der Waals surface area (Å²) >= 11 is 1.65. The van der Waals surface area contributed by atoms with E-state index < -0.39 is 0 Å². The first kappa shape index (κ1) is 19.8. The highest BCUT2D eigenvalue weighted by molar-refractivity contribution is 7.18. The number of hydrogen-bond acceptors (Lipinski definition) is 6. The molecule has 0 fully saturated rings. The fraction of sp³-hybridized carbons (Fsp3) is 0.292. The van der Waals surface area contributed by atoms with E-state index in [0.29, 0.717) is 17.2 Å². The van der Waals surface area contributed by atoms with Crippen molar-refractivity contribution >= 4 is 27.5 Å². The van der Waals surface area contributed by atoms with Crippen LogP contribution in [0.4, 0.5) is 0 Å². The van der Waals surface area contributed by atoms with Gasteiger partial charge >= 0.3 is 0 Å². The minimum Gasteiger partial charge on any atom is -0.485 e. The summed E-state index contributed by atoms with van der Waals surface area (Å²) in [6.45, 7) is 2.19. The Bertz CT molecular complexity index is 1250. The van der Waals surface area contributed by atoms with E-state index in [1.54, 1.807) is 22.3 Å². The summed E-state index contributed by atoms with van der Waals surface area (Å²) in [7, 11) is 1.84. The fourth-order valence-corrected chi connectivity index (χ4v) is 5.01. The second kappa shape index (κ2) is 8.15. The Morgan fingerprint density at radius 2 is 2.13 bits per heavy atom. The molecule has 7 heteroatoms. The van der Waals surface area contributed by atoms with Gasteiger partial charge in [-0.15, -0.1) is 11.3 Å². The van der Waals surface area contributed by atoms with Gasteiger partial charge in [-0.25, -0.2) is 4.98 Å². The molecule has 2 heterocycles. The van der Waals surface area contributed by atoms with E-state index >= 15 is 0 Å². The lowest BCUT2D eigenvalue weighted by Gasteiger charge is -2.32. The first-order chi connectivity index (χ1) is 15.1. The minimum absolute atomic E-state index is 0.0575. The molecular formula is C24H23N3O3S. The van der Waals surface area contributed by atoms with Crippen LogP contribution < -0.4 is 4.74 Å². The highest BCUT2D eigenvalue weighted by Gasteiger charge is 2.28. The molecule has 4 aromatic rings. The van der Waals surface area contributed by atoms with Crippen LogP contribution in [-0.4, -0.2) is 28.0 Å². The summed E-state index contributed by atoms with van der Waals surface area (Å²) in [6, 6.07) is 15.9. The smallest absolute Gasteiger partial charge is 0.276 e. The van der Waals surface area contributed by atoms with E-state index in [1.807, 2.05) is 38.2 Å². The Balaban J connectivity index is 1.27. The molecule has 5 rings (SSSR count). The van der Waals surface area contributed by atoms with Crippen molar-refractivity contribution in [2.75, 3.05) is 7.05 Å². The van der Waals surface area contributed by atoms with Crippen molar-refractivity contribution in [2.24, 2.45) is 0 Å². The number of nitrogens with zero attached hydrogens (tertiary/aromatic N) is 3. The second-order valence-corrected chi connectivity index (χ2v) is 9.09. The minimum atomic E-state index is -0.143. The molecular weight excluding hydrogens is 410 g/mol. The molecule has 0 unspecified atom stereocenters. The zero-order chi connectivity index (χ0) is 21.4. The molecule has 6 nitrogen and oxygen atoms in total. The van der Waals surface area contributed by atoms with Crippen LogP contribution in [0.25, 0.3) is 10.2 Å². The summed E-state index contributed by atoms with van der Waals surface area (Å²) in [5.74, 6) is 1.07. The van der Waals surface area contributed by atoms with Crippen LogP contribution in [0.5, 0.6) is 5.75 Å². The van der Waals surface area contributed by atoms with Crippen LogP contribution in [0.15, 0.2) is 53.1 Å². The standard InChI is InChI=1S/C24H23N3O3S/c1-15-25-20-12-17(10-11-23(20)31-15)29-14-18-13-21(26-30-18)24(28)27(2)22-9-5-7-16-6-3-4-8-19(16)22/h3-4,6,8,10-13,22H,5,7,9,14H2,1-2H3/t22-/m1/s1. The molecule has 1 atom stereocenters. The van der Waals surface area contributed by atoms with Gasteiger partial charge in [0.1, 0.15) is 12.4 Å². The van der Waals surface area contributed by atoms with Crippen LogP contribution in [-0.2, 0) is 13.0 Å². The topological polar surface area (TPSA) is 68.5 Å². The highest BCUT2D eigenvalue weighted by Crippen LogP contribution is 2.34. The van der Waals surface area contributed by atoms with Crippen molar-refractivity contribution in [3.05, 3.63) is 76.1 Å². The number of carbonyl (C=O) groups excluding carboxylic acids is 1. The van der Waals surface area contributed by atoms with Gasteiger partial charge in [0, 0.05) is 19.2 Å². The third-order valence-corrected chi connectivity index (χ3v) is 6.70. The van der Waals surface area contributed by atoms with Crippen molar-refractivity contribution in [3.63, 3.8) is 0 Å². The molecule has 0 radical (unpaired) electrons. The maximum atomic E-state index is 13.0. The van der Waals surface area contributed by atoms with Crippen molar-refractivity contribution in [1.29, 1.82) is 0 Å². The van der Waals surface area contributed by atoms with Gasteiger partial charge in [-0.2, -0.15) is 0 Å². The number of carbonyl (C=O) groups is 1. The zero-order valence-corrected chi connectivity index (χ0v) is 18.3. The Hall–Kier alpha value is -3.19. The molecule has 1 aliphatic carbocycles. The number of aryl methyl sites for hydroxylation is 2. The molecule has 2 aromatic carbocycles. The van der Waals surface area contributed by atoms with Gasteiger partial charge in [-0.3, -0.25) is 4.79 Å². The number of hydrogen-bond donors (Lipinski definition) is 0. The summed E-state index contributed by atoms with van der Waals surface area (Å²) < 4.78 is 12.3. The van der Waals surface area contributed by atoms with Gasteiger partial charge < -0.3 is 14.2 Å². The molecule has 0 saturated heterocycles. The summed E-state index contributed by atoms with van der Waals surface area (Å²) in [4.78, 5) is 19.3. The summed E-state index contributed by atoms with van der Waals surface area (Å²) in [6.07, 6.45) is 3.08. The predicted octanol–water partition coefficient (Wildman–Crippen LogP) is 5.32. The molecule has 0 aliphatic heterocycles. The number of benzene rings is 2. The fourth-order valence-electron chi connectivity index (χ4n) is 4.20. The zero-order valence-electron chi connectivity index (χ0n) is 17.5. The first-order valence-corrected chi connectivity index (χ1v) is 11.2. The van der Waals surface area contributed by atoms with E-state index in [1.165, 1.54) is 11.1 Å². The molecule has 0 bridgehead atoms. The largest absolute Gasteiger partial charge is 0.485 e. The van der Waals surface area contributed by atoms with Gasteiger partial charge in [-0.05, 0) is 49.4 Å². The van der Waals surface area contributed by atoms with Crippen LogP contribution in [0.3, 0.4) is 0 Å². The first-order valence-electron chi connectivity index (χ1n) is 10.4. The average Bonchev–Trinajstić information content (AvgIpc) is 3.41. The number of rotatable bonds is 5. The molecule has 0 N–H and O–H groups in total. The normalized spacial score (nSPS) is 15.6. The van der Waals surface area contributed by atoms with Crippen molar-refractivity contribution in [1.82, 2.24) is 15.0 Å². The van der Waals surface area contributed by atoms with E-state index in [0.717, 1.165) is 34.5 Å². The Kier molecular flexibility index (Phi) is 5.19. The van der Waals surface area contributed by atoms with Crippen LogP contribution in [0, 0.1) is 6.92 Å². The SMILES string of the molecule is Cc1nc2cc(OCc3cc(C(=O)N(C)[C@@H]4CCCc5ccccc54)no3)ccc2s1. The van der Waals surface area contributed by atoms with E-state index in [9.17, 15) is 4.79 Å². The third-order valence-electron chi connectivity index (χ3n) is 5.75. The van der Waals surface area contributed by atoms with E-state index in [-0.39, 0.29) is 18.6 Å². The van der Waals surface area contributed by atoms with Crippen LogP contribution in [0.2, 0.25) is 0 Å². The highest BCUT2D eigenvalue weighted by atomic mass is 32.1. The maximum Gasteiger partial charge on any atom is 0.276 e. The van der Waals surface area contributed by atoms with Crippen molar-refractivity contribution < 1.29 is 14.1 Å². The van der Waals surface area contributed by atoms with Gasteiger partial charge in [0.2, 0.25) is 0 Å². The summed E-state index contributed by atoms with van der Waals surface area (Å²) in [5.41, 5.74) is 3.77. The van der Waals surface area contributed by atoms with Crippen LogP contribution in [0.1, 0.15) is 51.3 Å². The lowest BCUT2D eigenvalue weighted by atomic mass is 9.87.